The average molecular weight is 206 g/mol. The lowest BCUT2D eigenvalue weighted by molar-refractivity contribution is -0.152. The predicted molar refractivity (Wildman–Crippen MR) is 42.4 cm³/mol. The van der Waals surface area contributed by atoms with Crippen molar-refractivity contribution in [3.8, 4) is 6.07 Å². The van der Waals surface area contributed by atoms with Gasteiger partial charge in [0.15, 0.2) is 6.16 Å². The Labute approximate surface area is 75.2 Å². The summed E-state index contributed by atoms with van der Waals surface area (Å²) < 4.78 is 10.7. The average Bonchev–Trinajstić information content (AvgIpc) is 2.13. The molecule has 0 aromatic heterocycles. The summed E-state index contributed by atoms with van der Waals surface area (Å²) in [6.45, 7) is 0. The van der Waals surface area contributed by atoms with Gasteiger partial charge >= 0.3 is 13.8 Å². The van der Waals surface area contributed by atoms with Crippen LogP contribution in [0.15, 0.2) is 0 Å². The number of nitriles is 1. The second kappa shape index (κ2) is 4.87. The summed E-state index contributed by atoms with van der Waals surface area (Å²) in [6, 6.07) is 1.20. The van der Waals surface area contributed by atoms with Gasteiger partial charge in [-0.05, 0) is 0 Å². The molecule has 72 valence electrons. The fourth-order valence-electron chi connectivity index (χ4n) is 0.568. The van der Waals surface area contributed by atoms with E-state index in [1.54, 1.807) is 0 Å². The first kappa shape index (κ1) is 12.0. The molecule has 0 bridgehead atoms. The van der Waals surface area contributed by atoms with Gasteiger partial charge in [0.1, 0.15) is 6.07 Å². The van der Waals surface area contributed by atoms with Crippen LogP contribution in [0.25, 0.3) is 0 Å². The lowest BCUT2D eigenvalue weighted by Gasteiger charge is -2.10. The molecule has 0 amide bonds. The molecule has 0 heterocycles. The van der Waals surface area contributed by atoms with Crippen LogP contribution in [0.2, 0.25) is 0 Å². The van der Waals surface area contributed by atoms with Gasteiger partial charge in [-0.3, -0.25) is 0 Å². The number of aliphatic hydroxyl groups excluding tert-OH is 1. The zero-order valence-electron chi connectivity index (χ0n) is 6.67. The summed E-state index contributed by atoms with van der Waals surface area (Å²) >= 11 is 0. The van der Waals surface area contributed by atoms with Crippen LogP contribution in [-0.2, 0) is 9.36 Å². The van der Waals surface area contributed by atoms with Gasteiger partial charge in [-0.2, -0.15) is 5.26 Å². The number of nitrogens with zero attached hydrogens (tertiary/aromatic N) is 1. The van der Waals surface area contributed by atoms with E-state index < -0.39 is 32.1 Å². The highest BCUT2D eigenvalue weighted by atomic mass is 31.1. The lowest BCUT2D eigenvalue weighted by atomic mass is 10.0. The Hall–Kier alpha value is -1.02. The van der Waals surface area contributed by atoms with E-state index in [1.165, 1.54) is 6.07 Å². The number of rotatable bonds is 5. The highest BCUT2D eigenvalue weighted by Crippen LogP contribution is 2.23. The Morgan fingerprint density at radius 2 is 2.15 bits per heavy atom. The number of carboxylic acids is 1. The summed E-state index contributed by atoms with van der Waals surface area (Å²) in [5, 5.41) is 34.1. The molecule has 0 saturated heterocycles. The Morgan fingerprint density at radius 3 is 2.46 bits per heavy atom. The number of carboxylic acid groups (broad SMARTS) is 1. The predicted octanol–water partition coefficient (Wildman–Crippen LogP) is -0.507. The summed E-state index contributed by atoms with van der Waals surface area (Å²) in [5.74, 6) is -1.67. The monoisotopic (exact) mass is 206 g/mol. The molecule has 2 atom stereocenters. The molecule has 0 saturated carbocycles. The van der Waals surface area contributed by atoms with Gasteiger partial charge in [0.05, 0.1) is 0 Å². The molecule has 0 aliphatic rings. The molecule has 3 N–H and O–H groups in total. The van der Waals surface area contributed by atoms with E-state index in [2.05, 4.69) is 0 Å². The maximum atomic E-state index is 10.7. The minimum atomic E-state index is -2.50. The van der Waals surface area contributed by atoms with Crippen LogP contribution < -0.4 is 0 Å². The van der Waals surface area contributed by atoms with Crippen molar-refractivity contribution in [1.29, 1.82) is 5.26 Å². The third-order valence-corrected chi connectivity index (χ3v) is 2.46. The lowest BCUT2D eigenvalue weighted by Crippen LogP contribution is -2.37. The van der Waals surface area contributed by atoms with Crippen LogP contribution in [0.4, 0.5) is 0 Å². The number of aliphatic hydroxyl groups is 2. The van der Waals surface area contributed by atoms with E-state index >= 15 is 0 Å². The second-order valence-corrected chi connectivity index (χ2v) is 4.07. The van der Waals surface area contributed by atoms with E-state index in [1.807, 2.05) is 0 Å². The quantitative estimate of drug-likeness (QED) is 0.411. The number of aliphatic carboxylic acids is 1. The Bertz CT molecular complexity index is 260. The molecule has 0 aromatic carbocycles. The largest absolute Gasteiger partial charge is 0.478 e. The molecule has 6 nitrogen and oxygen atoms in total. The first-order valence-corrected chi connectivity index (χ1v) is 4.99. The maximum Gasteiger partial charge on any atom is 0.366 e. The Morgan fingerprint density at radius 1 is 1.62 bits per heavy atom. The van der Waals surface area contributed by atoms with Crippen LogP contribution in [0.5, 0.6) is 0 Å². The summed E-state index contributed by atoms with van der Waals surface area (Å²) in [5.41, 5.74) is -2.50. The minimum absolute atomic E-state index is 0.192. The van der Waals surface area contributed by atoms with E-state index in [9.17, 15) is 9.36 Å². The van der Waals surface area contributed by atoms with Crippen molar-refractivity contribution in [2.75, 3.05) is 12.5 Å². The van der Waals surface area contributed by atoms with Crippen molar-refractivity contribution in [2.45, 2.75) is 12.0 Å². The number of carbonyl (C=O) groups is 1. The van der Waals surface area contributed by atoms with Gasteiger partial charge in [-0.1, -0.05) is 4.57 Å². The molecule has 7 heteroatoms. The molecule has 13 heavy (non-hydrogen) atoms. The fraction of sp³-hybridized carbons (Fsp3) is 0.667. The van der Waals surface area contributed by atoms with Gasteiger partial charge in [0, 0.05) is 6.42 Å². The van der Waals surface area contributed by atoms with Crippen LogP contribution >= 0.6 is 7.80 Å². The van der Waals surface area contributed by atoms with Crippen molar-refractivity contribution >= 4 is 13.8 Å². The van der Waals surface area contributed by atoms with Gasteiger partial charge in [-0.15, -0.1) is 0 Å². The third kappa shape index (κ3) is 3.47. The van der Waals surface area contributed by atoms with E-state index in [0.717, 1.165) is 0 Å². The molecule has 0 aliphatic heterocycles. The van der Waals surface area contributed by atoms with Crippen molar-refractivity contribution in [1.82, 2.24) is 0 Å². The molecule has 0 aromatic rings. The van der Waals surface area contributed by atoms with E-state index in [-0.39, 0.29) is 6.16 Å². The number of hydrogen-bond acceptors (Lipinski definition) is 5. The van der Waals surface area contributed by atoms with Gasteiger partial charge in [-0.25, -0.2) is 4.79 Å². The third-order valence-electron chi connectivity index (χ3n) is 1.42. The van der Waals surface area contributed by atoms with Gasteiger partial charge in [0.2, 0.25) is 6.35 Å². The maximum absolute atomic E-state index is 10.7. The standard InChI is InChI=1S/C6H8NO5P/c7-3-6(11,5(9)10)1-2-13(12)4-8/h8,11H,1-2,4H2/p+1. The summed E-state index contributed by atoms with van der Waals surface area (Å²) in [7, 11) is -1.94. The highest BCUT2D eigenvalue weighted by Gasteiger charge is 2.38. The van der Waals surface area contributed by atoms with Crippen LogP contribution in [0, 0.1) is 11.3 Å². The zero-order chi connectivity index (χ0) is 10.5. The van der Waals surface area contributed by atoms with Gasteiger partial charge in [0.25, 0.3) is 5.60 Å². The van der Waals surface area contributed by atoms with Crippen LogP contribution in [0.1, 0.15) is 6.42 Å². The van der Waals surface area contributed by atoms with Crippen molar-refractivity contribution in [3.05, 3.63) is 0 Å². The van der Waals surface area contributed by atoms with E-state index in [0.29, 0.717) is 0 Å². The van der Waals surface area contributed by atoms with Crippen LogP contribution in [-0.4, -0.2) is 39.4 Å². The summed E-state index contributed by atoms with van der Waals surface area (Å²) in [4.78, 5) is 10.3. The van der Waals surface area contributed by atoms with Crippen LogP contribution in [0.3, 0.4) is 0 Å². The molecule has 0 rings (SSSR count). The fourth-order valence-corrected chi connectivity index (χ4v) is 1.28. The Kier molecular flexibility index (Phi) is 4.49. The van der Waals surface area contributed by atoms with Crippen molar-refractivity contribution in [2.24, 2.45) is 0 Å². The first-order valence-electron chi connectivity index (χ1n) is 3.36. The molecular formula is C6H9NO5P+. The Balaban J connectivity index is 4.24. The minimum Gasteiger partial charge on any atom is -0.478 e. The summed E-state index contributed by atoms with van der Waals surface area (Å²) in [6.07, 6.45) is -1.22. The molecule has 0 fully saturated rings. The molecule has 0 aliphatic carbocycles. The molecule has 0 spiro atoms. The second-order valence-electron chi connectivity index (χ2n) is 2.37. The zero-order valence-corrected chi connectivity index (χ0v) is 7.57. The topological polar surface area (TPSA) is 119 Å². The molecule has 0 radical (unpaired) electrons. The van der Waals surface area contributed by atoms with Gasteiger partial charge < -0.3 is 15.3 Å². The SMILES string of the molecule is N#CC(O)(CC[P+](=O)CO)C(=O)O. The first-order chi connectivity index (χ1) is 5.96. The van der Waals surface area contributed by atoms with E-state index in [4.69, 9.17) is 20.6 Å². The van der Waals surface area contributed by atoms with Crippen molar-refractivity contribution < 1.29 is 24.7 Å². The normalized spacial score (nSPS) is 15.6. The smallest absolute Gasteiger partial charge is 0.366 e. The molecule has 2 unspecified atom stereocenters. The molecular weight excluding hydrogens is 197 g/mol. The van der Waals surface area contributed by atoms with Crippen molar-refractivity contribution in [3.63, 3.8) is 0 Å². The number of hydrogen-bond donors (Lipinski definition) is 3. The highest BCUT2D eigenvalue weighted by molar-refractivity contribution is 7.44.